The lowest BCUT2D eigenvalue weighted by molar-refractivity contribution is 0.173. The fraction of sp³-hybridized carbons (Fsp3) is 0.571. The Bertz CT molecular complexity index is 362. The smallest absolute Gasteiger partial charge is 0.0891 e. The van der Waals surface area contributed by atoms with Gasteiger partial charge in [-0.3, -0.25) is 0 Å². The van der Waals surface area contributed by atoms with Gasteiger partial charge >= 0.3 is 0 Å². The molecule has 16 heavy (non-hydrogen) atoms. The first-order valence-electron chi connectivity index (χ1n) is 6.04. The van der Waals surface area contributed by atoms with E-state index in [1.807, 2.05) is 0 Å². The molecule has 0 saturated heterocycles. The van der Waals surface area contributed by atoms with Crippen molar-refractivity contribution in [3.8, 4) is 12.3 Å². The summed E-state index contributed by atoms with van der Waals surface area (Å²) >= 11 is 1.79. The van der Waals surface area contributed by atoms with E-state index in [0.29, 0.717) is 12.8 Å². The molecule has 0 saturated carbocycles. The number of terminal acetylenes is 1. The van der Waals surface area contributed by atoms with Crippen LogP contribution in [0.1, 0.15) is 53.5 Å². The molecule has 0 bridgehead atoms. The molecule has 1 N–H and O–H groups in total. The Hall–Kier alpha value is -0.780. The van der Waals surface area contributed by atoms with Gasteiger partial charge in [0.05, 0.1) is 6.10 Å². The van der Waals surface area contributed by atoms with Crippen molar-refractivity contribution in [2.24, 2.45) is 0 Å². The van der Waals surface area contributed by atoms with Crippen molar-refractivity contribution < 1.29 is 5.11 Å². The molecule has 1 heterocycles. The van der Waals surface area contributed by atoms with Gasteiger partial charge in [0.15, 0.2) is 0 Å². The van der Waals surface area contributed by atoms with Crippen LogP contribution in [0.2, 0.25) is 0 Å². The average Bonchev–Trinajstić information content (AvgIpc) is 2.58. The minimum Gasteiger partial charge on any atom is -0.388 e. The van der Waals surface area contributed by atoms with E-state index in [4.69, 9.17) is 6.42 Å². The predicted octanol–water partition coefficient (Wildman–Crippen LogP) is 3.46. The number of rotatable bonds is 3. The quantitative estimate of drug-likeness (QED) is 0.627. The zero-order valence-electron chi connectivity index (χ0n) is 9.54. The first kappa shape index (κ1) is 11.7. The fourth-order valence-electron chi connectivity index (χ4n) is 2.22. The van der Waals surface area contributed by atoms with Gasteiger partial charge in [0.1, 0.15) is 0 Å². The van der Waals surface area contributed by atoms with E-state index >= 15 is 0 Å². The molecule has 0 aromatic carbocycles. The topological polar surface area (TPSA) is 20.2 Å². The van der Waals surface area contributed by atoms with Crippen LogP contribution >= 0.6 is 11.3 Å². The van der Waals surface area contributed by atoms with Crippen LogP contribution in [0.25, 0.3) is 0 Å². The summed E-state index contributed by atoms with van der Waals surface area (Å²) in [5.74, 6) is 2.58. The summed E-state index contributed by atoms with van der Waals surface area (Å²) in [7, 11) is 0. The number of aliphatic hydroxyl groups excluding tert-OH is 1. The Morgan fingerprint density at radius 1 is 1.38 bits per heavy atom. The van der Waals surface area contributed by atoms with Crippen molar-refractivity contribution in [1.82, 2.24) is 0 Å². The molecule has 0 aliphatic heterocycles. The molecule has 1 aromatic rings. The van der Waals surface area contributed by atoms with Gasteiger partial charge in [0.25, 0.3) is 0 Å². The zero-order valence-corrected chi connectivity index (χ0v) is 10.4. The van der Waals surface area contributed by atoms with E-state index < -0.39 is 0 Å². The molecule has 0 radical (unpaired) electrons. The van der Waals surface area contributed by atoms with Crippen LogP contribution < -0.4 is 0 Å². The van der Waals surface area contributed by atoms with Gasteiger partial charge in [-0.15, -0.1) is 23.7 Å². The maximum absolute atomic E-state index is 9.99. The Balaban J connectivity index is 2.09. The molecule has 2 heteroatoms. The lowest BCUT2D eigenvalue weighted by Crippen LogP contribution is -1.93. The molecule has 1 aliphatic rings. The lowest BCUT2D eigenvalue weighted by Gasteiger charge is -2.05. The third-order valence-electron chi connectivity index (χ3n) is 3.16. The van der Waals surface area contributed by atoms with E-state index in [2.05, 4.69) is 12.0 Å². The van der Waals surface area contributed by atoms with Gasteiger partial charge in [-0.2, -0.15) is 0 Å². The second-order valence-electron chi connectivity index (χ2n) is 4.42. The molecule has 1 unspecified atom stereocenters. The zero-order chi connectivity index (χ0) is 11.4. The Kier molecular flexibility index (Phi) is 4.04. The normalized spacial score (nSPS) is 17.2. The second-order valence-corrected chi connectivity index (χ2v) is 5.58. The average molecular weight is 234 g/mol. The molecule has 0 spiro atoms. The minimum absolute atomic E-state index is 0.354. The van der Waals surface area contributed by atoms with E-state index in [9.17, 15) is 5.11 Å². The second kappa shape index (κ2) is 5.52. The number of thiophene rings is 1. The number of hydrogen-bond donors (Lipinski definition) is 1. The molecule has 1 aromatic heterocycles. The summed E-state index contributed by atoms with van der Waals surface area (Å²) in [6.07, 6.45) is 12.5. The molecule has 0 fully saturated rings. The van der Waals surface area contributed by atoms with Crippen molar-refractivity contribution in [1.29, 1.82) is 0 Å². The highest BCUT2D eigenvalue weighted by molar-refractivity contribution is 7.12. The lowest BCUT2D eigenvalue weighted by atomic mass is 10.1. The fourth-order valence-corrected chi connectivity index (χ4v) is 3.50. The van der Waals surface area contributed by atoms with Crippen LogP contribution in [0.4, 0.5) is 0 Å². The Labute approximate surface area is 102 Å². The number of aliphatic hydroxyl groups is 1. The van der Waals surface area contributed by atoms with Crippen LogP contribution in [0.15, 0.2) is 6.07 Å². The molecular weight excluding hydrogens is 216 g/mol. The SMILES string of the molecule is C#CCCC(O)c1cc2c(s1)CCCCC2. The Morgan fingerprint density at radius 2 is 2.19 bits per heavy atom. The van der Waals surface area contributed by atoms with E-state index in [0.717, 1.165) is 4.88 Å². The number of hydrogen-bond acceptors (Lipinski definition) is 2. The molecule has 1 nitrogen and oxygen atoms in total. The van der Waals surface area contributed by atoms with Gasteiger partial charge in [0, 0.05) is 16.2 Å². The molecular formula is C14H18OS. The third kappa shape index (κ3) is 2.66. The highest BCUT2D eigenvalue weighted by Gasteiger charge is 2.16. The molecule has 1 atom stereocenters. The van der Waals surface area contributed by atoms with Gasteiger partial charge < -0.3 is 5.11 Å². The summed E-state index contributed by atoms with van der Waals surface area (Å²) in [4.78, 5) is 2.61. The maximum atomic E-state index is 9.99. The highest BCUT2D eigenvalue weighted by Crippen LogP contribution is 2.33. The summed E-state index contributed by atoms with van der Waals surface area (Å²) in [6.45, 7) is 0. The molecule has 2 rings (SSSR count). The standard InChI is InChI=1S/C14H18OS/c1-2-3-8-12(15)14-10-11-7-5-4-6-9-13(11)16-14/h1,10,12,15H,3-9H2. The predicted molar refractivity (Wildman–Crippen MR) is 68.6 cm³/mol. The first-order valence-corrected chi connectivity index (χ1v) is 6.86. The van der Waals surface area contributed by atoms with Gasteiger partial charge in [-0.1, -0.05) is 6.42 Å². The van der Waals surface area contributed by atoms with E-state index in [1.165, 1.54) is 42.5 Å². The molecule has 0 amide bonds. The summed E-state index contributed by atoms with van der Waals surface area (Å²) < 4.78 is 0. The minimum atomic E-state index is -0.354. The molecule has 86 valence electrons. The summed E-state index contributed by atoms with van der Waals surface area (Å²) in [5, 5.41) is 9.99. The van der Waals surface area contributed by atoms with Crippen molar-refractivity contribution in [3.05, 3.63) is 21.4 Å². The van der Waals surface area contributed by atoms with E-state index in [-0.39, 0.29) is 6.10 Å². The largest absolute Gasteiger partial charge is 0.388 e. The van der Waals surface area contributed by atoms with Crippen molar-refractivity contribution in [2.75, 3.05) is 0 Å². The van der Waals surface area contributed by atoms with Crippen molar-refractivity contribution in [3.63, 3.8) is 0 Å². The van der Waals surface area contributed by atoms with Gasteiger partial charge in [-0.05, 0) is 43.7 Å². The number of fused-ring (bicyclic) bond motifs is 1. The monoisotopic (exact) mass is 234 g/mol. The Morgan fingerprint density at radius 3 is 3.00 bits per heavy atom. The highest BCUT2D eigenvalue weighted by atomic mass is 32.1. The molecule has 1 aliphatic carbocycles. The van der Waals surface area contributed by atoms with Crippen LogP contribution in [-0.2, 0) is 12.8 Å². The van der Waals surface area contributed by atoms with Crippen molar-refractivity contribution in [2.45, 2.75) is 51.0 Å². The van der Waals surface area contributed by atoms with E-state index in [1.54, 1.807) is 11.3 Å². The maximum Gasteiger partial charge on any atom is 0.0891 e. The van der Waals surface area contributed by atoms with Gasteiger partial charge in [-0.25, -0.2) is 0 Å². The summed E-state index contributed by atoms with van der Waals surface area (Å²) in [5.41, 5.74) is 1.47. The van der Waals surface area contributed by atoms with Crippen LogP contribution in [0, 0.1) is 12.3 Å². The summed E-state index contributed by atoms with van der Waals surface area (Å²) in [6, 6.07) is 2.20. The van der Waals surface area contributed by atoms with Gasteiger partial charge in [0.2, 0.25) is 0 Å². The van der Waals surface area contributed by atoms with Crippen LogP contribution in [-0.4, -0.2) is 5.11 Å². The van der Waals surface area contributed by atoms with Crippen molar-refractivity contribution >= 4 is 11.3 Å². The van der Waals surface area contributed by atoms with Crippen LogP contribution in [0.5, 0.6) is 0 Å². The van der Waals surface area contributed by atoms with Crippen LogP contribution in [0.3, 0.4) is 0 Å². The first-order chi connectivity index (χ1) is 7.81. The third-order valence-corrected chi connectivity index (χ3v) is 4.49. The number of aryl methyl sites for hydroxylation is 2.